The summed E-state index contributed by atoms with van der Waals surface area (Å²) in [5.74, 6) is 0. The molecular weight excluding hydrogens is 222 g/mol. The normalized spacial score (nSPS) is 18.7. The minimum atomic E-state index is 0.606. The molecule has 1 unspecified atom stereocenters. The van der Waals surface area contributed by atoms with Crippen molar-refractivity contribution in [1.29, 1.82) is 0 Å². The fourth-order valence-corrected chi connectivity index (χ4v) is 2.62. The molecule has 2 nitrogen and oxygen atoms in total. The lowest BCUT2D eigenvalue weighted by molar-refractivity contribution is 0.132. The van der Waals surface area contributed by atoms with Gasteiger partial charge in [0.1, 0.15) is 0 Å². The summed E-state index contributed by atoms with van der Waals surface area (Å²) in [5, 5.41) is 3.52. The Kier molecular flexibility index (Phi) is 5.21. The van der Waals surface area contributed by atoms with Gasteiger partial charge in [0.25, 0.3) is 0 Å². The number of rotatable bonds is 6. The molecule has 18 heavy (non-hydrogen) atoms. The van der Waals surface area contributed by atoms with Crippen LogP contribution in [0, 0.1) is 0 Å². The quantitative estimate of drug-likeness (QED) is 0.780. The van der Waals surface area contributed by atoms with Crippen molar-refractivity contribution in [2.45, 2.75) is 52.1 Å². The van der Waals surface area contributed by atoms with Crippen LogP contribution in [0.15, 0.2) is 18.2 Å². The van der Waals surface area contributed by atoms with Crippen LogP contribution in [0.2, 0.25) is 0 Å². The summed E-state index contributed by atoms with van der Waals surface area (Å²) in [5.41, 5.74) is 4.60. The number of hydrogen-bond acceptors (Lipinski definition) is 2. The van der Waals surface area contributed by atoms with Gasteiger partial charge in [0.05, 0.1) is 0 Å². The molecular formula is C16H25NO. The maximum atomic E-state index is 5.56. The van der Waals surface area contributed by atoms with E-state index in [2.05, 4.69) is 37.4 Å². The third-order valence-electron chi connectivity index (χ3n) is 3.60. The van der Waals surface area contributed by atoms with E-state index in [9.17, 15) is 0 Å². The van der Waals surface area contributed by atoms with Gasteiger partial charge >= 0.3 is 0 Å². The van der Waals surface area contributed by atoms with E-state index < -0.39 is 0 Å². The van der Waals surface area contributed by atoms with Crippen LogP contribution in [0.5, 0.6) is 0 Å². The zero-order chi connectivity index (χ0) is 12.8. The first-order valence-corrected chi connectivity index (χ1v) is 7.22. The molecule has 0 radical (unpaired) electrons. The molecule has 0 bridgehead atoms. The number of nitrogens with one attached hydrogen (secondary N) is 1. The Morgan fingerprint density at radius 3 is 3.06 bits per heavy atom. The van der Waals surface area contributed by atoms with Crippen molar-refractivity contribution in [3.8, 4) is 0 Å². The third kappa shape index (κ3) is 3.56. The molecule has 1 aromatic rings. The minimum Gasteiger partial charge on any atom is -0.381 e. The second-order valence-electron chi connectivity index (χ2n) is 5.26. The number of aryl methyl sites for hydroxylation is 1. The van der Waals surface area contributed by atoms with E-state index in [1.54, 1.807) is 5.56 Å². The van der Waals surface area contributed by atoms with Gasteiger partial charge in [0, 0.05) is 25.8 Å². The van der Waals surface area contributed by atoms with E-state index >= 15 is 0 Å². The van der Waals surface area contributed by atoms with Crippen molar-refractivity contribution >= 4 is 0 Å². The number of ether oxygens (including phenoxy) is 1. The Balaban J connectivity index is 1.92. The largest absolute Gasteiger partial charge is 0.381 e. The molecule has 1 N–H and O–H groups in total. The van der Waals surface area contributed by atoms with E-state index in [4.69, 9.17) is 4.74 Å². The van der Waals surface area contributed by atoms with Crippen LogP contribution in [0.4, 0.5) is 0 Å². The highest BCUT2D eigenvalue weighted by Crippen LogP contribution is 2.22. The van der Waals surface area contributed by atoms with Crippen molar-refractivity contribution in [1.82, 2.24) is 5.32 Å². The van der Waals surface area contributed by atoms with E-state index in [1.165, 1.54) is 17.5 Å². The number of fused-ring (bicyclic) bond motifs is 1. The van der Waals surface area contributed by atoms with Gasteiger partial charge in [0.2, 0.25) is 0 Å². The first kappa shape index (κ1) is 13.6. The highest BCUT2D eigenvalue weighted by molar-refractivity contribution is 5.37. The van der Waals surface area contributed by atoms with Crippen LogP contribution >= 0.6 is 0 Å². The molecule has 0 saturated carbocycles. The lowest BCUT2D eigenvalue weighted by Crippen LogP contribution is -2.33. The SMILES string of the molecule is CCCOCCCc1cccc2c1CC(C)NC2. The molecule has 1 atom stereocenters. The van der Waals surface area contributed by atoms with E-state index in [0.29, 0.717) is 6.04 Å². The number of hydrogen-bond donors (Lipinski definition) is 1. The van der Waals surface area contributed by atoms with Gasteiger partial charge < -0.3 is 10.1 Å². The van der Waals surface area contributed by atoms with Gasteiger partial charge in [-0.05, 0) is 49.3 Å². The van der Waals surface area contributed by atoms with Gasteiger partial charge in [0.15, 0.2) is 0 Å². The Bertz CT molecular complexity index is 375. The fourth-order valence-electron chi connectivity index (χ4n) is 2.62. The van der Waals surface area contributed by atoms with Crippen molar-refractivity contribution in [2.24, 2.45) is 0 Å². The zero-order valence-electron chi connectivity index (χ0n) is 11.7. The standard InChI is InChI=1S/C16H25NO/c1-3-9-18-10-5-8-14-6-4-7-15-12-17-13(2)11-16(14)15/h4,6-7,13,17H,3,5,8-12H2,1-2H3. The van der Waals surface area contributed by atoms with Crippen molar-refractivity contribution in [3.63, 3.8) is 0 Å². The van der Waals surface area contributed by atoms with Crippen LogP contribution in [0.1, 0.15) is 43.4 Å². The number of benzene rings is 1. The molecule has 0 saturated heterocycles. The van der Waals surface area contributed by atoms with Gasteiger partial charge in [-0.25, -0.2) is 0 Å². The highest BCUT2D eigenvalue weighted by Gasteiger charge is 2.16. The van der Waals surface area contributed by atoms with E-state index in [1.807, 2.05) is 0 Å². The van der Waals surface area contributed by atoms with Crippen molar-refractivity contribution in [3.05, 3.63) is 34.9 Å². The molecule has 0 spiro atoms. The van der Waals surface area contributed by atoms with Gasteiger partial charge in [-0.3, -0.25) is 0 Å². The molecule has 0 aliphatic carbocycles. The summed E-state index contributed by atoms with van der Waals surface area (Å²) in [4.78, 5) is 0. The molecule has 0 fully saturated rings. The lowest BCUT2D eigenvalue weighted by atomic mass is 9.90. The smallest absolute Gasteiger partial charge is 0.0469 e. The Hall–Kier alpha value is -0.860. The average molecular weight is 247 g/mol. The van der Waals surface area contributed by atoms with E-state index in [-0.39, 0.29) is 0 Å². The van der Waals surface area contributed by atoms with Gasteiger partial charge in [-0.15, -0.1) is 0 Å². The molecule has 100 valence electrons. The first-order chi connectivity index (χ1) is 8.81. The second kappa shape index (κ2) is 6.91. The van der Waals surface area contributed by atoms with Crippen molar-refractivity contribution in [2.75, 3.05) is 13.2 Å². The van der Waals surface area contributed by atoms with Crippen LogP contribution in [-0.2, 0) is 24.1 Å². The maximum absolute atomic E-state index is 5.56. The Morgan fingerprint density at radius 1 is 1.33 bits per heavy atom. The van der Waals surface area contributed by atoms with Gasteiger partial charge in [-0.1, -0.05) is 25.1 Å². The maximum Gasteiger partial charge on any atom is 0.0469 e. The molecule has 1 aromatic carbocycles. The van der Waals surface area contributed by atoms with Gasteiger partial charge in [-0.2, -0.15) is 0 Å². The predicted octanol–water partition coefficient (Wildman–Crippen LogP) is 3.08. The molecule has 0 aromatic heterocycles. The monoisotopic (exact) mass is 247 g/mol. The lowest BCUT2D eigenvalue weighted by Gasteiger charge is -2.25. The summed E-state index contributed by atoms with van der Waals surface area (Å²) in [7, 11) is 0. The molecule has 2 heteroatoms. The Labute approximate surface area is 111 Å². The summed E-state index contributed by atoms with van der Waals surface area (Å²) in [6.07, 6.45) is 4.57. The third-order valence-corrected chi connectivity index (χ3v) is 3.60. The molecule has 1 aliphatic heterocycles. The van der Waals surface area contributed by atoms with Crippen LogP contribution < -0.4 is 5.32 Å². The van der Waals surface area contributed by atoms with Crippen LogP contribution in [0.3, 0.4) is 0 Å². The van der Waals surface area contributed by atoms with Crippen LogP contribution in [-0.4, -0.2) is 19.3 Å². The highest BCUT2D eigenvalue weighted by atomic mass is 16.5. The summed E-state index contributed by atoms with van der Waals surface area (Å²) in [6, 6.07) is 7.34. The molecule has 0 amide bonds. The molecule has 2 rings (SSSR count). The molecule has 1 aliphatic rings. The molecule has 1 heterocycles. The first-order valence-electron chi connectivity index (χ1n) is 7.22. The van der Waals surface area contributed by atoms with Crippen molar-refractivity contribution < 1.29 is 4.74 Å². The topological polar surface area (TPSA) is 21.3 Å². The van der Waals surface area contributed by atoms with E-state index in [0.717, 1.165) is 39.0 Å². The summed E-state index contributed by atoms with van der Waals surface area (Å²) < 4.78 is 5.56. The second-order valence-corrected chi connectivity index (χ2v) is 5.26. The Morgan fingerprint density at radius 2 is 2.22 bits per heavy atom. The zero-order valence-corrected chi connectivity index (χ0v) is 11.7. The minimum absolute atomic E-state index is 0.606. The fraction of sp³-hybridized carbons (Fsp3) is 0.625. The average Bonchev–Trinajstić information content (AvgIpc) is 2.39. The van der Waals surface area contributed by atoms with Crippen LogP contribution in [0.25, 0.3) is 0 Å². The predicted molar refractivity (Wildman–Crippen MR) is 75.9 cm³/mol. The summed E-state index contributed by atoms with van der Waals surface area (Å²) >= 11 is 0. The summed E-state index contributed by atoms with van der Waals surface area (Å²) in [6.45, 7) is 7.24.